The Labute approximate surface area is 214 Å². The van der Waals surface area contributed by atoms with Crippen molar-refractivity contribution < 1.29 is 19.4 Å². The number of carbonyl (C=O) groups is 1. The summed E-state index contributed by atoms with van der Waals surface area (Å²) in [5, 5.41) is 11.6. The summed E-state index contributed by atoms with van der Waals surface area (Å²) in [6.07, 6.45) is 4.00. The summed E-state index contributed by atoms with van der Waals surface area (Å²) < 4.78 is 13.9. The van der Waals surface area contributed by atoms with Gasteiger partial charge >= 0.3 is 0 Å². The van der Waals surface area contributed by atoms with Crippen LogP contribution in [0.5, 0.6) is 5.75 Å². The third-order valence-electron chi connectivity index (χ3n) is 7.41. The van der Waals surface area contributed by atoms with Crippen LogP contribution in [0.2, 0.25) is 0 Å². The van der Waals surface area contributed by atoms with E-state index in [0.29, 0.717) is 68.0 Å². The highest BCUT2D eigenvalue weighted by Gasteiger charge is 2.50. The van der Waals surface area contributed by atoms with Gasteiger partial charge in [0.2, 0.25) is 5.95 Å². The zero-order chi connectivity index (χ0) is 26.2. The highest BCUT2D eigenvalue weighted by molar-refractivity contribution is 5.94. The molecule has 7 N–H and O–H groups in total. The second-order valence-electron chi connectivity index (χ2n) is 10.1. The monoisotopic (exact) mass is 510 g/mol. The molecule has 2 aliphatic rings. The number of hydrogen-bond donors (Lipinski definition) is 4. The molecule has 0 radical (unpaired) electrons. The fourth-order valence-corrected chi connectivity index (χ4v) is 5.43. The van der Waals surface area contributed by atoms with Crippen molar-refractivity contribution in [1.29, 1.82) is 0 Å². The molecular weight excluding hydrogens is 476 g/mol. The minimum absolute atomic E-state index is 0.0423. The molecule has 37 heavy (non-hydrogen) atoms. The van der Waals surface area contributed by atoms with Gasteiger partial charge in [0.05, 0.1) is 36.8 Å². The summed E-state index contributed by atoms with van der Waals surface area (Å²) in [5.74, 6) is 0.855. The number of fused-ring (bicyclic) bond motifs is 1. The summed E-state index contributed by atoms with van der Waals surface area (Å²) >= 11 is 0. The third-order valence-corrected chi connectivity index (χ3v) is 7.41. The molecule has 0 aliphatic carbocycles. The molecule has 3 aromatic rings. The maximum atomic E-state index is 13.2. The average Bonchev–Trinajstić information content (AvgIpc) is 3.28. The van der Waals surface area contributed by atoms with E-state index in [1.54, 1.807) is 30.0 Å². The first-order valence-electron chi connectivity index (χ1n) is 12.6. The minimum atomic E-state index is -1.11. The van der Waals surface area contributed by atoms with E-state index in [1.165, 1.54) is 0 Å². The van der Waals surface area contributed by atoms with Gasteiger partial charge in [0.15, 0.2) is 11.5 Å². The molecule has 2 fully saturated rings. The van der Waals surface area contributed by atoms with Crippen molar-refractivity contribution in [2.24, 2.45) is 5.73 Å². The predicted molar refractivity (Wildman–Crippen MR) is 138 cm³/mol. The molecule has 12 nitrogen and oxygen atoms in total. The Morgan fingerprint density at radius 1 is 1.27 bits per heavy atom. The molecular formula is C25H34N8O4. The Morgan fingerprint density at radius 2 is 2.05 bits per heavy atom. The molecule has 1 spiro atoms. The summed E-state index contributed by atoms with van der Waals surface area (Å²) in [6, 6.07) is 6.80. The number of aromatic nitrogens is 4. The van der Waals surface area contributed by atoms with Crippen LogP contribution in [0.15, 0.2) is 30.6 Å². The smallest absolute Gasteiger partial charge is 0.253 e. The van der Waals surface area contributed by atoms with Crippen LogP contribution >= 0.6 is 0 Å². The lowest BCUT2D eigenvalue weighted by molar-refractivity contribution is -0.194. The number of hydrogen-bond acceptors (Lipinski definition) is 10. The number of piperidine rings is 1. The largest absolute Gasteiger partial charge is 0.494 e. The number of anilines is 2. The van der Waals surface area contributed by atoms with Gasteiger partial charge in [-0.15, -0.1) is 0 Å². The van der Waals surface area contributed by atoms with E-state index in [9.17, 15) is 9.90 Å². The maximum absolute atomic E-state index is 13.2. The van der Waals surface area contributed by atoms with Crippen molar-refractivity contribution >= 4 is 28.8 Å². The van der Waals surface area contributed by atoms with E-state index in [-0.39, 0.29) is 24.3 Å². The number of amides is 1. The van der Waals surface area contributed by atoms with Gasteiger partial charge in [-0.3, -0.25) is 4.79 Å². The molecule has 12 heteroatoms. The Morgan fingerprint density at radius 3 is 2.78 bits per heavy atom. The quantitative estimate of drug-likeness (QED) is 0.351. The van der Waals surface area contributed by atoms with Gasteiger partial charge in [-0.1, -0.05) is 6.07 Å². The molecule has 4 heterocycles. The highest BCUT2D eigenvalue weighted by Crippen LogP contribution is 2.44. The summed E-state index contributed by atoms with van der Waals surface area (Å²) in [5.41, 5.74) is 17.1. The van der Waals surface area contributed by atoms with Gasteiger partial charge in [0.25, 0.3) is 5.91 Å². The second-order valence-corrected chi connectivity index (χ2v) is 10.1. The first-order valence-corrected chi connectivity index (χ1v) is 12.6. The lowest BCUT2D eigenvalue weighted by Crippen LogP contribution is -2.58. The Hall–Kier alpha value is -3.48. The molecule has 5 rings (SSSR count). The van der Waals surface area contributed by atoms with E-state index in [4.69, 9.17) is 26.7 Å². The average molecular weight is 511 g/mol. The minimum Gasteiger partial charge on any atom is -0.494 e. The van der Waals surface area contributed by atoms with Crippen molar-refractivity contribution in [3.05, 3.63) is 36.2 Å². The standard InChI is InChI=1S/C25H34N8O4/c1-24(35)14-25(37-13-18(24)33-15-29-19-20(27)30-23(28)31-21(19)33)6-9-32(10-7-25)22(34)16-4-2-5-17(12-16)36-11-3-8-26/h2,4-5,12,15,18,35H,3,6-11,13-14,26H2,1H3,(H4,27,28,30,31)/t18-,24-/m0/s1. The van der Waals surface area contributed by atoms with E-state index in [2.05, 4.69) is 15.0 Å². The summed E-state index contributed by atoms with van der Waals surface area (Å²) in [6.45, 7) is 4.20. The van der Waals surface area contributed by atoms with Crippen LogP contribution in [-0.2, 0) is 4.74 Å². The zero-order valence-corrected chi connectivity index (χ0v) is 21.0. The number of nitrogen functional groups attached to an aromatic ring is 2. The maximum Gasteiger partial charge on any atom is 0.253 e. The third kappa shape index (κ3) is 4.91. The number of likely N-dealkylation sites (tertiary alicyclic amines) is 1. The van der Waals surface area contributed by atoms with Gasteiger partial charge in [-0.25, -0.2) is 4.98 Å². The first kappa shape index (κ1) is 25.2. The van der Waals surface area contributed by atoms with Crippen molar-refractivity contribution in [2.45, 2.75) is 49.9 Å². The molecule has 2 aromatic heterocycles. The molecule has 0 unspecified atom stereocenters. The van der Waals surface area contributed by atoms with Gasteiger partial charge in [0, 0.05) is 25.1 Å². The predicted octanol–water partition coefficient (Wildman–Crippen LogP) is 1.11. The number of imidazole rings is 1. The second kappa shape index (κ2) is 9.77. The van der Waals surface area contributed by atoms with Crippen LogP contribution < -0.4 is 21.9 Å². The number of benzene rings is 1. The van der Waals surface area contributed by atoms with Crippen molar-refractivity contribution in [3.63, 3.8) is 0 Å². The van der Waals surface area contributed by atoms with Gasteiger partial charge < -0.3 is 41.2 Å². The molecule has 2 aliphatic heterocycles. The van der Waals surface area contributed by atoms with Gasteiger partial charge in [-0.05, 0) is 50.9 Å². The number of nitrogens with two attached hydrogens (primary N) is 3. The van der Waals surface area contributed by atoms with Gasteiger partial charge in [0.1, 0.15) is 11.3 Å². The van der Waals surface area contributed by atoms with E-state index in [1.807, 2.05) is 17.0 Å². The van der Waals surface area contributed by atoms with Gasteiger partial charge in [-0.2, -0.15) is 9.97 Å². The molecule has 198 valence electrons. The van der Waals surface area contributed by atoms with E-state index >= 15 is 0 Å². The Bertz CT molecular complexity index is 1280. The zero-order valence-electron chi connectivity index (χ0n) is 21.0. The van der Waals surface area contributed by atoms with Crippen molar-refractivity contribution in [1.82, 2.24) is 24.4 Å². The summed E-state index contributed by atoms with van der Waals surface area (Å²) in [4.78, 5) is 27.6. The highest BCUT2D eigenvalue weighted by atomic mass is 16.5. The lowest BCUT2D eigenvalue weighted by atomic mass is 9.75. The van der Waals surface area contributed by atoms with Crippen LogP contribution in [0.4, 0.5) is 11.8 Å². The molecule has 1 amide bonds. The first-order chi connectivity index (χ1) is 17.7. The molecule has 0 bridgehead atoms. The van der Waals surface area contributed by atoms with Crippen molar-refractivity contribution in [3.8, 4) is 5.75 Å². The van der Waals surface area contributed by atoms with Crippen molar-refractivity contribution in [2.75, 3.05) is 44.3 Å². The van der Waals surface area contributed by atoms with Crippen LogP contribution in [-0.4, -0.2) is 79.5 Å². The fraction of sp³-hybridized carbons (Fsp3) is 0.520. The Balaban J connectivity index is 1.25. The summed E-state index contributed by atoms with van der Waals surface area (Å²) in [7, 11) is 0. The molecule has 0 saturated carbocycles. The normalized spacial score (nSPS) is 23.4. The number of carbonyl (C=O) groups excluding carboxylic acids is 1. The molecule has 2 atom stereocenters. The Kier molecular flexibility index (Phi) is 6.65. The molecule has 2 saturated heterocycles. The topological polar surface area (TPSA) is 181 Å². The SMILES string of the molecule is C[C@]1(O)CC2(CCN(C(=O)c3cccc(OCCCN)c3)CC2)OC[C@@H]1n1cnc2c(N)nc(N)nc21. The van der Waals surface area contributed by atoms with Crippen LogP contribution in [0.1, 0.15) is 49.0 Å². The van der Waals surface area contributed by atoms with E-state index < -0.39 is 17.2 Å². The lowest BCUT2D eigenvalue weighted by Gasteiger charge is -2.51. The number of nitrogens with zero attached hydrogens (tertiary/aromatic N) is 5. The number of rotatable bonds is 6. The number of ether oxygens (including phenoxy) is 2. The van der Waals surface area contributed by atoms with Crippen LogP contribution in [0.25, 0.3) is 11.2 Å². The fourth-order valence-electron chi connectivity index (χ4n) is 5.43. The van der Waals surface area contributed by atoms with E-state index in [0.717, 1.165) is 6.42 Å². The molecule has 1 aromatic carbocycles. The number of aliphatic hydroxyl groups is 1. The van der Waals surface area contributed by atoms with Crippen LogP contribution in [0, 0.1) is 0 Å². The van der Waals surface area contributed by atoms with Crippen LogP contribution in [0.3, 0.4) is 0 Å².